The molecule has 0 aliphatic carbocycles. The van der Waals surface area contributed by atoms with Gasteiger partial charge in [-0.25, -0.2) is 4.39 Å². The summed E-state index contributed by atoms with van der Waals surface area (Å²) in [5.41, 5.74) is 2.22. The fourth-order valence-electron chi connectivity index (χ4n) is 3.57. The van der Waals surface area contributed by atoms with Crippen LogP contribution in [0.15, 0.2) is 18.2 Å². The van der Waals surface area contributed by atoms with Crippen LogP contribution in [0, 0.1) is 5.82 Å². The summed E-state index contributed by atoms with van der Waals surface area (Å²) in [6, 6.07) is 5.70. The highest BCUT2D eigenvalue weighted by molar-refractivity contribution is 5.55. The third-order valence-corrected chi connectivity index (χ3v) is 5.03. The van der Waals surface area contributed by atoms with E-state index in [9.17, 15) is 4.39 Å². The Morgan fingerprint density at radius 3 is 2.74 bits per heavy atom. The predicted octanol–water partition coefficient (Wildman–Crippen LogP) is 2.41. The molecule has 2 unspecified atom stereocenters. The maximum atomic E-state index is 13.8. The van der Waals surface area contributed by atoms with E-state index in [-0.39, 0.29) is 11.9 Å². The van der Waals surface area contributed by atoms with Gasteiger partial charge < -0.3 is 19.9 Å². The van der Waals surface area contributed by atoms with Crippen LogP contribution in [-0.4, -0.2) is 56.9 Å². The molecule has 3 rings (SSSR count). The van der Waals surface area contributed by atoms with Gasteiger partial charge in [0.1, 0.15) is 5.82 Å². The number of halogens is 1. The molecule has 2 aliphatic rings. The molecular formula is C18H28FN3O. The summed E-state index contributed by atoms with van der Waals surface area (Å²) in [4.78, 5) is 4.85. The second-order valence-electron chi connectivity index (χ2n) is 6.57. The Morgan fingerprint density at radius 2 is 2.09 bits per heavy atom. The Labute approximate surface area is 138 Å². The van der Waals surface area contributed by atoms with Crippen molar-refractivity contribution in [2.45, 2.75) is 32.4 Å². The molecule has 1 aromatic rings. The van der Waals surface area contributed by atoms with Gasteiger partial charge in [0.05, 0.1) is 6.61 Å². The van der Waals surface area contributed by atoms with Gasteiger partial charge in [-0.2, -0.15) is 0 Å². The molecule has 5 heteroatoms. The summed E-state index contributed by atoms with van der Waals surface area (Å²) in [5.74, 6) is -0.160. The molecule has 0 saturated carbocycles. The second-order valence-corrected chi connectivity index (χ2v) is 6.57. The molecule has 1 aromatic carbocycles. The minimum atomic E-state index is -0.160. The van der Waals surface area contributed by atoms with E-state index in [2.05, 4.69) is 29.0 Å². The van der Waals surface area contributed by atoms with E-state index >= 15 is 0 Å². The van der Waals surface area contributed by atoms with Crippen molar-refractivity contribution >= 4 is 5.69 Å². The van der Waals surface area contributed by atoms with Crippen molar-refractivity contribution in [2.75, 3.05) is 50.8 Å². The molecule has 2 atom stereocenters. The van der Waals surface area contributed by atoms with Crippen molar-refractivity contribution in [2.24, 2.45) is 0 Å². The minimum Gasteiger partial charge on any atom is -0.380 e. The molecule has 2 heterocycles. The molecule has 2 aliphatic heterocycles. The van der Waals surface area contributed by atoms with Crippen molar-refractivity contribution < 1.29 is 9.13 Å². The number of benzene rings is 1. The van der Waals surface area contributed by atoms with E-state index in [1.54, 1.807) is 12.1 Å². The zero-order chi connectivity index (χ0) is 16.2. The maximum Gasteiger partial charge on any atom is 0.123 e. The summed E-state index contributed by atoms with van der Waals surface area (Å²) >= 11 is 0. The average Bonchev–Trinajstić information content (AvgIpc) is 3.08. The molecule has 0 bridgehead atoms. The summed E-state index contributed by atoms with van der Waals surface area (Å²) in [5, 5.41) is 3.59. The Hall–Kier alpha value is -1.17. The lowest BCUT2D eigenvalue weighted by molar-refractivity contribution is 0.188. The van der Waals surface area contributed by atoms with Gasteiger partial charge in [-0.3, -0.25) is 0 Å². The first-order valence-corrected chi connectivity index (χ1v) is 8.78. The number of ether oxygens (including phenoxy) is 1. The molecule has 0 aromatic heterocycles. The van der Waals surface area contributed by atoms with Crippen molar-refractivity contribution in [1.29, 1.82) is 0 Å². The first-order valence-electron chi connectivity index (χ1n) is 8.78. The van der Waals surface area contributed by atoms with E-state index in [1.165, 1.54) is 5.69 Å². The van der Waals surface area contributed by atoms with Crippen LogP contribution in [0.5, 0.6) is 0 Å². The SMILES string of the molecule is CCN1CCN(c2ccc(F)cc2C(C)NC2CCOC2)CC1. The van der Waals surface area contributed by atoms with Crippen molar-refractivity contribution in [1.82, 2.24) is 10.2 Å². The van der Waals surface area contributed by atoms with Crippen molar-refractivity contribution in [3.8, 4) is 0 Å². The Balaban J connectivity index is 1.74. The number of nitrogens with one attached hydrogen (secondary N) is 1. The Bertz CT molecular complexity index is 511. The zero-order valence-electron chi connectivity index (χ0n) is 14.2. The zero-order valence-corrected chi connectivity index (χ0v) is 14.2. The normalized spacial score (nSPS) is 24.1. The Morgan fingerprint density at radius 1 is 1.30 bits per heavy atom. The van der Waals surface area contributed by atoms with Gasteiger partial charge in [0, 0.05) is 50.6 Å². The van der Waals surface area contributed by atoms with Crippen LogP contribution < -0.4 is 10.2 Å². The van der Waals surface area contributed by atoms with Gasteiger partial charge in [-0.1, -0.05) is 6.92 Å². The van der Waals surface area contributed by atoms with E-state index in [4.69, 9.17) is 4.74 Å². The molecule has 2 saturated heterocycles. The molecule has 0 spiro atoms. The smallest absolute Gasteiger partial charge is 0.123 e. The van der Waals surface area contributed by atoms with Crippen LogP contribution in [0.2, 0.25) is 0 Å². The molecular weight excluding hydrogens is 293 g/mol. The maximum absolute atomic E-state index is 13.8. The fraction of sp³-hybridized carbons (Fsp3) is 0.667. The lowest BCUT2D eigenvalue weighted by atomic mass is 10.0. The number of anilines is 1. The highest BCUT2D eigenvalue weighted by Gasteiger charge is 2.23. The Kier molecular flexibility index (Phi) is 5.51. The van der Waals surface area contributed by atoms with Gasteiger partial charge in [0.25, 0.3) is 0 Å². The van der Waals surface area contributed by atoms with E-state index in [1.807, 2.05) is 6.07 Å². The van der Waals surface area contributed by atoms with Crippen LogP contribution in [0.3, 0.4) is 0 Å². The first-order chi connectivity index (χ1) is 11.2. The summed E-state index contributed by atoms with van der Waals surface area (Å²) in [6.45, 7) is 11.2. The first kappa shape index (κ1) is 16.7. The number of likely N-dealkylation sites (N-methyl/N-ethyl adjacent to an activating group) is 1. The number of rotatable bonds is 5. The van der Waals surface area contributed by atoms with Crippen LogP contribution in [0.1, 0.15) is 31.9 Å². The van der Waals surface area contributed by atoms with Crippen LogP contribution >= 0.6 is 0 Å². The standard InChI is InChI=1S/C18H28FN3O/c1-3-21-7-9-22(10-8-21)18-5-4-15(19)12-17(18)14(2)20-16-6-11-23-13-16/h4-5,12,14,16,20H,3,6-11,13H2,1-2H3. The molecule has 4 nitrogen and oxygen atoms in total. The lowest BCUT2D eigenvalue weighted by Gasteiger charge is -2.37. The molecule has 128 valence electrons. The second kappa shape index (κ2) is 7.60. The van der Waals surface area contributed by atoms with Gasteiger partial charge in [-0.05, 0) is 43.7 Å². The number of hydrogen-bond acceptors (Lipinski definition) is 4. The number of piperazine rings is 1. The fourth-order valence-corrected chi connectivity index (χ4v) is 3.57. The molecule has 1 N–H and O–H groups in total. The quantitative estimate of drug-likeness (QED) is 0.901. The molecule has 0 amide bonds. The monoisotopic (exact) mass is 321 g/mol. The predicted molar refractivity (Wildman–Crippen MR) is 91.5 cm³/mol. The highest BCUT2D eigenvalue weighted by Crippen LogP contribution is 2.29. The third kappa shape index (κ3) is 4.03. The molecule has 0 radical (unpaired) electrons. The van der Waals surface area contributed by atoms with Crippen molar-refractivity contribution in [3.05, 3.63) is 29.6 Å². The average molecular weight is 321 g/mol. The third-order valence-electron chi connectivity index (χ3n) is 5.03. The minimum absolute atomic E-state index is 0.122. The van der Waals surface area contributed by atoms with Crippen LogP contribution in [-0.2, 0) is 4.74 Å². The highest BCUT2D eigenvalue weighted by atomic mass is 19.1. The number of hydrogen-bond donors (Lipinski definition) is 1. The molecule has 2 fully saturated rings. The van der Waals surface area contributed by atoms with Gasteiger partial charge in [0.2, 0.25) is 0 Å². The lowest BCUT2D eigenvalue weighted by Crippen LogP contribution is -2.46. The van der Waals surface area contributed by atoms with Crippen molar-refractivity contribution in [3.63, 3.8) is 0 Å². The largest absolute Gasteiger partial charge is 0.380 e. The summed E-state index contributed by atoms with van der Waals surface area (Å²) in [7, 11) is 0. The van der Waals surface area contributed by atoms with Gasteiger partial charge >= 0.3 is 0 Å². The van der Waals surface area contributed by atoms with E-state index in [0.717, 1.165) is 57.9 Å². The topological polar surface area (TPSA) is 27.7 Å². The summed E-state index contributed by atoms with van der Waals surface area (Å²) in [6.07, 6.45) is 1.03. The number of nitrogens with zero attached hydrogens (tertiary/aromatic N) is 2. The van der Waals surface area contributed by atoms with Crippen LogP contribution in [0.4, 0.5) is 10.1 Å². The van der Waals surface area contributed by atoms with E-state index < -0.39 is 0 Å². The molecule has 23 heavy (non-hydrogen) atoms. The van der Waals surface area contributed by atoms with Gasteiger partial charge in [-0.15, -0.1) is 0 Å². The van der Waals surface area contributed by atoms with E-state index in [0.29, 0.717) is 6.04 Å². The van der Waals surface area contributed by atoms with Crippen LogP contribution in [0.25, 0.3) is 0 Å². The summed E-state index contributed by atoms with van der Waals surface area (Å²) < 4.78 is 19.3. The van der Waals surface area contributed by atoms with Gasteiger partial charge in [0.15, 0.2) is 0 Å².